The quantitative estimate of drug-likeness (QED) is 0.160. The third-order valence-corrected chi connectivity index (χ3v) is 15.8. The molecule has 0 saturated carbocycles. The summed E-state index contributed by atoms with van der Waals surface area (Å²) in [6.45, 7) is 9.17. The fraction of sp³-hybridized carbons (Fsp3) is 0.121. The second-order valence-corrected chi connectivity index (χ2v) is 21.1. The van der Waals surface area contributed by atoms with E-state index in [9.17, 15) is 0 Å². The number of allylic oxidation sites excluding steroid dienone is 4. The number of anilines is 5. The van der Waals surface area contributed by atoms with Crippen molar-refractivity contribution in [1.82, 2.24) is 0 Å². The van der Waals surface area contributed by atoms with Gasteiger partial charge in [-0.05, 0) is 159 Å². The first-order valence-corrected chi connectivity index (χ1v) is 25.5. The molecular formula is C66H49BN2O4. The predicted molar refractivity (Wildman–Crippen MR) is 300 cm³/mol. The number of hydrogen-bond acceptors (Lipinski definition) is 6. The average molecular weight is 945 g/mol. The van der Waals surface area contributed by atoms with E-state index in [2.05, 4.69) is 207 Å². The zero-order chi connectivity index (χ0) is 48.7. The molecule has 0 radical (unpaired) electrons. The van der Waals surface area contributed by atoms with Crippen LogP contribution in [0.2, 0.25) is 0 Å². The molecule has 0 fully saturated rings. The summed E-state index contributed by atoms with van der Waals surface area (Å²) in [6.07, 6.45) is 4.22. The largest absolute Gasteiger partial charge is 0.456 e. The van der Waals surface area contributed by atoms with Crippen LogP contribution in [0.1, 0.15) is 50.3 Å². The summed E-state index contributed by atoms with van der Waals surface area (Å²) in [5, 5.41) is 4.54. The molecule has 0 N–H and O–H groups in total. The monoisotopic (exact) mass is 944 g/mol. The molecule has 9 aromatic carbocycles. The van der Waals surface area contributed by atoms with Crippen LogP contribution in [0.3, 0.4) is 0 Å². The fourth-order valence-corrected chi connectivity index (χ4v) is 12.3. The summed E-state index contributed by atoms with van der Waals surface area (Å²) >= 11 is 0. The van der Waals surface area contributed by atoms with E-state index in [0.717, 1.165) is 113 Å². The van der Waals surface area contributed by atoms with Crippen molar-refractivity contribution in [2.45, 2.75) is 46.0 Å². The molecular weight excluding hydrogens is 896 g/mol. The Morgan fingerprint density at radius 1 is 0.507 bits per heavy atom. The van der Waals surface area contributed by atoms with Gasteiger partial charge in [0.15, 0.2) is 11.5 Å². The van der Waals surface area contributed by atoms with E-state index in [4.69, 9.17) is 18.3 Å². The van der Waals surface area contributed by atoms with Crippen molar-refractivity contribution in [3.63, 3.8) is 0 Å². The highest BCUT2D eigenvalue weighted by molar-refractivity contribution is 6.96. The van der Waals surface area contributed by atoms with E-state index < -0.39 is 0 Å². The van der Waals surface area contributed by atoms with E-state index in [1.54, 1.807) is 0 Å². The lowest BCUT2D eigenvalue weighted by Crippen LogP contribution is -2.56. The zero-order valence-electron chi connectivity index (χ0n) is 41.1. The molecule has 11 aromatic rings. The van der Waals surface area contributed by atoms with Crippen LogP contribution in [0, 0.1) is 6.92 Å². The number of nitrogens with zero attached hydrogens (tertiary/aromatic N) is 2. The van der Waals surface area contributed by atoms with Gasteiger partial charge in [-0.15, -0.1) is 0 Å². The molecule has 3 aliphatic heterocycles. The normalized spacial score (nSPS) is 14.8. The summed E-state index contributed by atoms with van der Waals surface area (Å²) in [6, 6.07) is 66.2. The maximum atomic E-state index is 6.61. The van der Waals surface area contributed by atoms with Gasteiger partial charge in [0.05, 0.1) is 11.4 Å². The third-order valence-electron chi connectivity index (χ3n) is 15.8. The van der Waals surface area contributed by atoms with Crippen LogP contribution < -0.4 is 30.2 Å². The van der Waals surface area contributed by atoms with Crippen LogP contribution in [-0.4, -0.2) is 13.5 Å². The van der Waals surface area contributed by atoms with Gasteiger partial charge in [0.1, 0.15) is 22.3 Å². The molecule has 6 nitrogen and oxygen atoms in total. The Labute approximate surface area is 424 Å². The standard InChI is InChI=1S/C66H49BN2O4/c1-39-32-56-63-57(33-39)69(54-30-23-45(66(2,3)4)37-51(54)41-12-6-5-7-13-41)64-52(28-31-60-65(64)71-38-70-60)67(63)53-34-42(44-21-27-50-48-15-9-11-17-59(48)73-62(50)36-44)22-29-55(53)68(56)46-24-18-40(19-25-46)43-20-26-49-47-14-8-10-16-58(47)72-61(49)35-43/h5-21,23-28,30-37H,22,29,38H2,1-4H3. The molecule has 73 heavy (non-hydrogen) atoms. The van der Waals surface area contributed by atoms with Gasteiger partial charge in [-0.2, -0.15) is 0 Å². The van der Waals surface area contributed by atoms with Crippen LogP contribution in [0.25, 0.3) is 71.7 Å². The Hall–Kier alpha value is -8.68. The van der Waals surface area contributed by atoms with E-state index in [1.807, 2.05) is 18.2 Å². The Morgan fingerprint density at radius 3 is 1.88 bits per heavy atom. The minimum Gasteiger partial charge on any atom is -0.456 e. The lowest BCUT2D eigenvalue weighted by molar-refractivity contribution is 0.174. The summed E-state index contributed by atoms with van der Waals surface area (Å²) in [5.41, 5.74) is 23.7. The van der Waals surface area contributed by atoms with Crippen LogP contribution >= 0.6 is 0 Å². The number of para-hydroxylation sites is 2. The molecule has 0 amide bonds. The third kappa shape index (κ3) is 6.44. The molecule has 15 rings (SSSR count). The highest BCUT2D eigenvalue weighted by Gasteiger charge is 2.47. The molecule has 0 atom stereocenters. The molecule has 0 unspecified atom stereocenters. The topological polar surface area (TPSA) is 51.2 Å². The molecule has 0 saturated heterocycles. The van der Waals surface area contributed by atoms with Crippen molar-refractivity contribution in [3.05, 3.63) is 216 Å². The Bertz CT molecular complexity index is 4190. The molecule has 0 spiro atoms. The first kappa shape index (κ1) is 42.0. The second-order valence-electron chi connectivity index (χ2n) is 21.1. The molecule has 1 aliphatic carbocycles. The molecule has 0 bridgehead atoms. The number of aryl methyl sites for hydroxylation is 1. The smallest absolute Gasteiger partial charge is 0.251 e. The minimum atomic E-state index is -0.105. The summed E-state index contributed by atoms with van der Waals surface area (Å²) in [7, 11) is 0. The highest BCUT2D eigenvalue weighted by atomic mass is 16.7. The highest BCUT2D eigenvalue weighted by Crippen LogP contribution is 2.54. The number of benzene rings is 9. The Kier molecular flexibility index (Phi) is 9.02. The Morgan fingerprint density at radius 2 is 1.15 bits per heavy atom. The van der Waals surface area contributed by atoms with E-state index >= 15 is 0 Å². The number of hydrogen-bond donors (Lipinski definition) is 0. The lowest BCUT2D eigenvalue weighted by Gasteiger charge is -2.46. The van der Waals surface area contributed by atoms with Crippen molar-refractivity contribution >= 4 is 95.5 Å². The molecule has 7 heteroatoms. The van der Waals surface area contributed by atoms with Crippen molar-refractivity contribution in [2.24, 2.45) is 0 Å². The van der Waals surface area contributed by atoms with Crippen molar-refractivity contribution < 1.29 is 18.3 Å². The van der Waals surface area contributed by atoms with Gasteiger partial charge in [0.25, 0.3) is 6.71 Å². The second kappa shape index (κ2) is 15.7. The van der Waals surface area contributed by atoms with Crippen molar-refractivity contribution in [1.29, 1.82) is 0 Å². The van der Waals surface area contributed by atoms with Gasteiger partial charge in [-0.1, -0.05) is 130 Å². The van der Waals surface area contributed by atoms with Crippen LogP contribution in [-0.2, 0) is 5.41 Å². The summed E-state index contributed by atoms with van der Waals surface area (Å²) in [4.78, 5) is 5.06. The van der Waals surface area contributed by atoms with Crippen LogP contribution in [0.4, 0.5) is 28.4 Å². The number of ether oxygens (including phenoxy) is 2. The van der Waals surface area contributed by atoms with Crippen LogP contribution in [0.5, 0.6) is 11.5 Å². The van der Waals surface area contributed by atoms with Gasteiger partial charge in [0, 0.05) is 49.9 Å². The average Bonchev–Trinajstić information content (AvgIpc) is 4.16. The lowest BCUT2D eigenvalue weighted by atomic mass is 9.32. The van der Waals surface area contributed by atoms with Gasteiger partial charge in [0.2, 0.25) is 6.79 Å². The summed E-state index contributed by atoms with van der Waals surface area (Å²) < 4.78 is 25.7. The Balaban J connectivity index is 0.960. The number of rotatable bonds is 5. The van der Waals surface area contributed by atoms with E-state index in [0.29, 0.717) is 0 Å². The predicted octanol–water partition coefficient (Wildman–Crippen LogP) is 16.4. The zero-order valence-corrected chi connectivity index (χ0v) is 41.1. The fourth-order valence-electron chi connectivity index (χ4n) is 12.3. The minimum absolute atomic E-state index is 0.0628. The number of furan rings is 2. The molecule has 5 heterocycles. The van der Waals surface area contributed by atoms with Gasteiger partial charge < -0.3 is 28.1 Å². The van der Waals surface area contributed by atoms with Gasteiger partial charge >= 0.3 is 0 Å². The molecule has 4 aliphatic rings. The molecule has 2 aromatic heterocycles. The maximum Gasteiger partial charge on any atom is 0.251 e. The maximum absolute atomic E-state index is 6.61. The first-order chi connectivity index (χ1) is 35.7. The van der Waals surface area contributed by atoms with Crippen molar-refractivity contribution in [2.75, 3.05) is 16.6 Å². The van der Waals surface area contributed by atoms with Crippen LogP contribution in [0.15, 0.2) is 208 Å². The van der Waals surface area contributed by atoms with E-state index in [1.165, 1.54) is 50.0 Å². The first-order valence-electron chi connectivity index (χ1n) is 25.5. The number of fused-ring (bicyclic) bond motifs is 11. The van der Waals surface area contributed by atoms with Gasteiger partial charge in [-0.25, -0.2) is 0 Å². The molecule has 350 valence electrons. The van der Waals surface area contributed by atoms with Crippen molar-refractivity contribution in [3.8, 4) is 33.8 Å². The van der Waals surface area contributed by atoms with Gasteiger partial charge in [-0.3, -0.25) is 0 Å². The summed E-state index contributed by atoms with van der Waals surface area (Å²) in [5.74, 6) is 1.54. The SMILES string of the molecule is Cc1cc2c3c(c1)N(c1ccc(C(C)(C)C)cc1-c1ccccc1)c1c(ccc4c1OCO4)B3C1=C(CCC(c3ccc4c(c3)oc3ccccc34)=C1)N2c1ccc(-c2ccc3c(c2)oc2ccccc23)cc1. The van der Waals surface area contributed by atoms with E-state index in [-0.39, 0.29) is 18.9 Å².